The highest BCUT2D eigenvalue weighted by Gasteiger charge is 2.29. The smallest absolute Gasteiger partial charge is 0.243 e. The Balaban J connectivity index is 1.55. The highest BCUT2D eigenvalue weighted by atomic mass is 35.5. The standard InChI is InChI=1S/C18H22ClFN4O3S2/c1-3-16-12(2)28-18(21-16)22-17(25)11-23-6-8-24(9-7-23)29(26,27)13-4-5-15(20)14(19)10-13/h4-5,10H,3,6-9,11H2,1-2H3,(H,21,22,25). The second kappa shape index (κ2) is 9.05. The second-order valence-electron chi connectivity index (χ2n) is 6.68. The number of thiazole rings is 1. The number of aromatic nitrogens is 1. The van der Waals surface area contributed by atoms with Crippen LogP contribution in [0, 0.1) is 12.7 Å². The quantitative estimate of drug-likeness (QED) is 0.716. The zero-order valence-electron chi connectivity index (χ0n) is 16.1. The van der Waals surface area contributed by atoms with Gasteiger partial charge in [-0.05, 0) is 31.5 Å². The number of benzene rings is 1. The van der Waals surface area contributed by atoms with Gasteiger partial charge >= 0.3 is 0 Å². The van der Waals surface area contributed by atoms with Crippen LogP contribution in [0.1, 0.15) is 17.5 Å². The summed E-state index contributed by atoms with van der Waals surface area (Å²) in [6, 6.07) is 3.36. The molecule has 0 bridgehead atoms. The molecular weight excluding hydrogens is 439 g/mol. The predicted octanol–water partition coefficient (Wildman–Crippen LogP) is 2.75. The fraction of sp³-hybridized carbons (Fsp3) is 0.444. The molecule has 3 rings (SSSR count). The van der Waals surface area contributed by atoms with Crippen LogP contribution in [0.5, 0.6) is 0 Å². The molecule has 0 spiro atoms. The van der Waals surface area contributed by atoms with E-state index in [1.54, 1.807) is 0 Å². The molecule has 2 heterocycles. The van der Waals surface area contributed by atoms with Crippen LogP contribution in [0.3, 0.4) is 0 Å². The van der Waals surface area contributed by atoms with Crippen molar-refractivity contribution in [2.45, 2.75) is 25.2 Å². The number of hydrogen-bond donors (Lipinski definition) is 1. The fourth-order valence-corrected chi connectivity index (χ4v) is 5.70. The molecule has 1 saturated heterocycles. The number of halogens is 2. The Labute approximate surface area is 178 Å². The molecule has 29 heavy (non-hydrogen) atoms. The summed E-state index contributed by atoms with van der Waals surface area (Å²) >= 11 is 7.16. The first-order chi connectivity index (χ1) is 13.7. The maximum absolute atomic E-state index is 13.3. The Bertz CT molecular complexity index is 1000. The summed E-state index contributed by atoms with van der Waals surface area (Å²) in [6.07, 6.45) is 0.813. The number of amides is 1. The lowest BCUT2D eigenvalue weighted by Gasteiger charge is -2.33. The van der Waals surface area contributed by atoms with Crippen LogP contribution < -0.4 is 5.32 Å². The van der Waals surface area contributed by atoms with Crippen molar-refractivity contribution >= 4 is 44.0 Å². The summed E-state index contributed by atoms with van der Waals surface area (Å²) < 4.78 is 40.1. The fourth-order valence-electron chi connectivity index (χ4n) is 3.09. The summed E-state index contributed by atoms with van der Waals surface area (Å²) in [7, 11) is -3.76. The molecule has 1 aromatic carbocycles. The lowest BCUT2D eigenvalue weighted by Crippen LogP contribution is -2.50. The molecule has 2 aromatic rings. The van der Waals surface area contributed by atoms with Gasteiger partial charge in [0.1, 0.15) is 5.82 Å². The van der Waals surface area contributed by atoms with E-state index < -0.39 is 15.8 Å². The number of anilines is 1. The molecule has 11 heteroatoms. The van der Waals surface area contributed by atoms with E-state index in [-0.39, 0.29) is 35.5 Å². The van der Waals surface area contributed by atoms with Gasteiger partial charge < -0.3 is 5.32 Å². The summed E-state index contributed by atoms with van der Waals surface area (Å²) in [5, 5.41) is 3.16. The third-order valence-corrected chi connectivity index (χ3v) is 7.81. The summed E-state index contributed by atoms with van der Waals surface area (Å²) in [5.41, 5.74) is 0.977. The molecule has 1 amide bonds. The van der Waals surface area contributed by atoms with Crippen molar-refractivity contribution in [2.75, 3.05) is 38.0 Å². The number of piperazine rings is 1. The van der Waals surface area contributed by atoms with Crippen molar-refractivity contribution in [2.24, 2.45) is 0 Å². The highest BCUT2D eigenvalue weighted by Crippen LogP contribution is 2.24. The molecule has 1 fully saturated rings. The Kier molecular flexibility index (Phi) is 6.90. The molecule has 1 aliphatic heterocycles. The van der Waals surface area contributed by atoms with Crippen LogP contribution in [0.15, 0.2) is 23.1 Å². The van der Waals surface area contributed by atoms with Gasteiger partial charge in [-0.2, -0.15) is 4.31 Å². The summed E-state index contributed by atoms with van der Waals surface area (Å²) in [6.45, 7) is 5.46. The van der Waals surface area contributed by atoms with Crippen molar-refractivity contribution in [1.29, 1.82) is 0 Å². The SMILES string of the molecule is CCc1nc(NC(=O)CN2CCN(S(=O)(=O)c3ccc(F)c(Cl)c3)CC2)sc1C. The Morgan fingerprint density at radius 3 is 2.59 bits per heavy atom. The van der Waals surface area contributed by atoms with E-state index in [4.69, 9.17) is 11.6 Å². The van der Waals surface area contributed by atoms with Crippen LogP contribution >= 0.6 is 22.9 Å². The normalized spacial score (nSPS) is 16.1. The summed E-state index contributed by atoms with van der Waals surface area (Å²) in [4.78, 5) is 19.6. The minimum atomic E-state index is -3.76. The van der Waals surface area contributed by atoms with Gasteiger partial charge in [-0.25, -0.2) is 17.8 Å². The molecule has 7 nitrogen and oxygen atoms in total. The Morgan fingerprint density at radius 2 is 2.00 bits per heavy atom. The van der Waals surface area contributed by atoms with E-state index in [1.165, 1.54) is 21.7 Å². The van der Waals surface area contributed by atoms with Gasteiger partial charge in [0, 0.05) is 31.1 Å². The minimum Gasteiger partial charge on any atom is -0.301 e. The number of carbonyl (C=O) groups excluding carboxylic acids is 1. The monoisotopic (exact) mass is 460 g/mol. The number of rotatable bonds is 6. The number of aryl methyl sites for hydroxylation is 2. The number of sulfonamides is 1. The molecule has 1 aromatic heterocycles. The zero-order chi connectivity index (χ0) is 21.2. The molecule has 0 atom stereocenters. The van der Waals surface area contributed by atoms with E-state index in [2.05, 4.69) is 10.3 Å². The summed E-state index contributed by atoms with van der Waals surface area (Å²) in [5.74, 6) is -0.842. The predicted molar refractivity (Wildman–Crippen MR) is 111 cm³/mol. The maximum Gasteiger partial charge on any atom is 0.243 e. The second-order valence-corrected chi connectivity index (χ2v) is 10.2. The van der Waals surface area contributed by atoms with Crippen molar-refractivity contribution < 1.29 is 17.6 Å². The van der Waals surface area contributed by atoms with Crippen LogP contribution in [0.4, 0.5) is 9.52 Å². The maximum atomic E-state index is 13.3. The van der Waals surface area contributed by atoms with Gasteiger partial charge in [0.2, 0.25) is 15.9 Å². The van der Waals surface area contributed by atoms with Crippen molar-refractivity contribution in [1.82, 2.24) is 14.2 Å². The minimum absolute atomic E-state index is 0.0408. The van der Waals surface area contributed by atoms with Gasteiger partial charge in [-0.3, -0.25) is 9.69 Å². The topological polar surface area (TPSA) is 82.6 Å². The van der Waals surface area contributed by atoms with Crippen LogP contribution in [-0.4, -0.2) is 61.2 Å². The highest BCUT2D eigenvalue weighted by molar-refractivity contribution is 7.89. The van der Waals surface area contributed by atoms with E-state index in [9.17, 15) is 17.6 Å². The van der Waals surface area contributed by atoms with E-state index in [0.29, 0.717) is 18.2 Å². The molecule has 0 unspecified atom stereocenters. The van der Waals surface area contributed by atoms with Crippen molar-refractivity contribution in [3.8, 4) is 0 Å². The number of nitrogens with zero attached hydrogens (tertiary/aromatic N) is 3. The zero-order valence-corrected chi connectivity index (χ0v) is 18.5. The molecular formula is C18H22ClFN4O3S2. The number of nitrogens with one attached hydrogen (secondary N) is 1. The molecule has 1 N–H and O–H groups in total. The largest absolute Gasteiger partial charge is 0.301 e. The molecule has 0 saturated carbocycles. The van der Waals surface area contributed by atoms with Gasteiger partial charge in [0.15, 0.2) is 5.13 Å². The van der Waals surface area contributed by atoms with Gasteiger partial charge in [0.25, 0.3) is 0 Å². The van der Waals surface area contributed by atoms with Crippen molar-refractivity contribution in [3.63, 3.8) is 0 Å². The van der Waals surface area contributed by atoms with E-state index in [0.717, 1.165) is 29.1 Å². The van der Waals surface area contributed by atoms with Crippen LogP contribution in [0.2, 0.25) is 5.02 Å². The molecule has 0 radical (unpaired) electrons. The molecule has 158 valence electrons. The third-order valence-electron chi connectivity index (χ3n) is 4.70. The average Bonchev–Trinajstić information content (AvgIpc) is 3.03. The third kappa shape index (κ3) is 5.13. The lowest BCUT2D eigenvalue weighted by molar-refractivity contribution is -0.117. The first kappa shape index (κ1) is 22.1. The van der Waals surface area contributed by atoms with Crippen LogP contribution in [0.25, 0.3) is 0 Å². The Morgan fingerprint density at radius 1 is 1.31 bits per heavy atom. The van der Waals surface area contributed by atoms with E-state index >= 15 is 0 Å². The number of carbonyl (C=O) groups is 1. The molecule has 1 aliphatic rings. The van der Waals surface area contributed by atoms with Crippen LogP contribution in [-0.2, 0) is 21.2 Å². The first-order valence-electron chi connectivity index (χ1n) is 9.14. The first-order valence-corrected chi connectivity index (χ1v) is 11.8. The average molecular weight is 461 g/mol. The van der Waals surface area contributed by atoms with Gasteiger partial charge in [0.05, 0.1) is 22.2 Å². The lowest BCUT2D eigenvalue weighted by atomic mass is 10.3. The number of hydrogen-bond acceptors (Lipinski definition) is 6. The van der Waals surface area contributed by atoms with Crippen molar-refractivity contribution in [3.05, 3.63) is 39.6 Å². The van der Waals surface area contributed by atoms with Gasteiger partial charge in [-0.1, -0.05) is 18.5 Å². The van der Waals surface area contributed by atoms with E-state index in [1.807, 2.05) is 18.7 Å². The molecule has 0 aliphatic carbocycles. The van der Waals surface area contributed by atoms with Gasteiger partial charge in [-0.15, -0.1) is 11.3 Å². The Hall–Kier alpha value is -1.59.